The molecule has 0 bridgehead atoms. The first-order valence-electron chi connectivity index (χ1n) is 8.48. The standard InChI is InChI=1S/C17H35O2/c1-4-6-7-8-9-10-11-12-13-14-17(5-2)19-15-16(3)18/h16-17H,4-15H2,1-3H3. The lowest BCUT2D eigenvalue weighted by molar-refractivity contribution is -0.0327. The van der Waals surface area contributed by atoms with Gasteiger partial charge in [0.1, 0.15) is 6.10 Å². The highest BCUT2D eigenvalue weighted by Crippen LogP contribution is 2.14. The van der Waals surface area contributed by atoms with Gasteiger partial charge < -0.3 is 4.74 Å². The van der Waals surface area contributed by atoms with E-state index in [4.69, 9.17) is 4.74 Å². The summed E-state index contributed by atoms with van der Waals surface area (Å²) in [6.45, 7) is 6.45. The van der Waals surface area contributed by atoms with Crippen LogP contribution in [0.3, 0.4) is 0 Å². The average molecular weight is 271 g/mol. The zero-order valence-corrected chi connectivity index (χ0v) is 13.5. The van der Waals surface area contributed by atoms with Crippen molar-refractivity contribution in [2.24, 2.45) is 0 Å². The van der Waals surface area contributed by atoms with Crippen LogP contribution in [0, 0.1) is 0 Å². The molecule has 2 heteroatoms. The first-order chi connectivity index (χ1) is 9.20. The second-order valence-electron chi connectivity index (χ2n) is 5.79. The zero-order chi connectivity index (χ0) is 14.3. The molecule has 0 N–H and O–H groups in total. The van der Waals surface area contributed by atoms with Gasteiger partial charge in [0.15, 0.2) is 0 Å². The number of unbranched alkanes of at least 4 members (excludes halogenated alkanes) is 8. The Labute approximate surface area is 120 Å². The van der Waals surface area contributed by atoms with E-state index in [1.807, 2.05) is 0 Å². The Hall–Kier alpha value is -0.0800. The summed E-state index contributed by atoms with van der Waals surface area (Å²) in [4.78, 5) is 0. The van der Waals surface area contributed by atoms with Crippen LogP contribution in [0.5, 0.6) is 0 Å². The maximum absolute atomic E-state index is 10.9. The van der Waals surface area contributed by atoms with Gasteiger partial charge in [-0.1, -0.05) is 71.6 Å². The van der Waals surface area contributed by atoms with Crippen LogP contribution in [-0.4, -0.2) is 18.8 Å². The summed E-state index contributed by atoms with van der Waals surface area (Å²) in [5.74, 6) is 0. The fraction of sp³-hybridized carbons (Fsp3) is 1.00. The van der Waals surface area contributed by atoms with E-state index < -0.39 is 6.10 Å². The third-order valence-corrected chi connectivity index (χ3v) is 3.65. The quantitative estimate of drug-likeness (QED) is 0.382. The van der Waals surface area contributed by atoms with Crippen LogP contribution >= 0.6 is 0 Å². The van der Waals surface area contributed by atoms with Crippen molar-refractivity contribution < 1.29 is 9.84 Å². The van der Waals surface area contributed by atoms with E-state index in [1.165, 1.54) is 57.8 Å². The van der Waals surface area contributed by atoms with Crippen molar-refractivity contribution in [3.8, 4) is 0 Å². The smallest absolute Gasteiger partial charge is 0.113 e. The predicted octanol–water partition coefficient (Wildman–Crippen LogP) is 5.52. The molecule has 0 aromatic carbocycles. The summed E-state index contributed by atoms with van der Waals surface area (Å²) in [6, 6.07) is 0. The van der Waals surface area contributed by atoms with E-state index in [1.54, 1.807) is 6.92 Å². The van der Waals surface area contributed by atoms with Crippen LogP contribution in [0.1, 0.15) is 91.4 Å². The van der Waals surface area contributed by atoms with E-state index in [0.29, 0.717) is 12.7 Å². The van der Waals surface area contributed by atoms with E-state index >= 15 is 0 Å². The van der Waals surface area contributed by atoms with Crippen LogP contribution in [-0.2, 0) is 9.84 Å². The Morgan fingerprint density at radius 1 is 0.842 bits per heavy atom. The molecule has 2 atom stereocenters. The molecule has 0 spiro atoms. The molecule has 0 fully saturated rings. The van der Waals surface area contributed by atoms with Crippen molar-refractivity contribution in [2.75, 3.05) is 6.61 Å². The summed E-state index contributed by atoms with van der Waals surface area (Å²) in [5, 5.41) is 10.9. The molecule has 115 valence electrons. The van der Waals surface area contributed by atoms with Gasteiger partial charge >= 0.3 is 0 Å². The Morgan fingerprint density at radius 3 is 1.84 bits per heavy atom. The second-order valence-corrected chi connectivity index (χ2v) is 5.79. The minimum atomic E-state index is -0.586. The van der Waals surface area contributed by atoms with Crippen molar-refractivity contribution in [3.63, 3.8) is 0 Å². The first kappa shape index (κ1) is 18.9. The van der Waals surface area contributed by atoms with Crippen molar-refractivity contribution in [3.05, 3.63) is 0 Å². The summed E-state index contributed by atoms with van der Waals surface area (Å²) in [7, 11) is 0. The molecule has 1 radical (unpaired) electrons. The first-order valence-corrected chi connectivity index (χ1v) is 8.48. The number of ether oxygens (including phenoxy) is 1. The molecule has 2 nitrogen and oxygen atoms in total. The maximum atomic E-state index is 10.9. The van der Waals surface area contributed by atoms with Crippen LogP contribution in [0.15, 0.2) is 0 Å². The maximum Gasteiger partial charge on any atom is 0.113 e. The lowest BCUT2D eigenvalue weighted by atomic mass is 10.0. The van der Waals surface area contributed by atoms with Crippen molar-refractivity contribution >= 4 is 0 Å². The number of hydrogen-bond acceptors (Lipinski definition) is 1. The van der Waals surface area contributed by atoms with Gasteiger partial charge in [0.05, 0.1) is 12.7 Å². The summed E-state index contributed by atoms with van der Waals surface area (Å²) in [5.41, 5.74) is 0. The molecule has 0 aliphatic carbocycles. The van der Waals surface area contributed by atoms with Gasteiger partial charge in [-0.05, 0) is 19.8 Å². The van der Waals surface area contributed by atoms with Gasteiger partial charge in [-0.25, -0.2) is 5.11 Å². The topological polar surface area (TPSA) is 29.1 Å². The van der Waals surface area contributed by atoms with Gasteiger partial charge in [-0.2, -0.15) is 0 Å². The zero-order valence-electron chi connectivity index (χ0n) is 13.5. The van der Waals surface area contributed by atoms with E-state index in [9.17, 15) is 5.11 Å². The molecule has 0 saturated carbocycles. The predicted molar refractivity (Wildman–Crippen MR) is 82.0 cm³/mol. The van der Waals surface area contributed by atoms with Gasteiger partial charge in [-0.3, -0.25) is 0 Å². The number of rotatable bonds is 14. The molecular weight excluding hydrogens is 236 g/mol. The summed E-state index contributed by atoms with van der Waals surface area (Å²) >= 11 is 0. The third-order valence-electron chi connectivity index (χ3n) is 3.65. The Kier molecular flexibility index (Phi) is 14.3. The second kappa shape index (κ2) is 14.3. The highest BCUT2D eigenvalue weighted by molar-refractivity contribution is 4.58. The largest absolute Gasteiger partial charge is 0.375 e. The Bertz CT molecular complexity index is 169. The van der Waals surface area contributed by atoms with E-state index in [-0.39, 0.29) is 0 Å². The number of hydrogen-bond donors (Lipinski definition) is 0. The molecule has 19 heavy (non-hydrogen) atoms. The molecule has 0 aliphatic heterocycles. The molecule has 0 heterocycles. The molecule has 0 saturated heterocycles. The fourth-order valence-electron chi connectivity index (χ4n) is 2.36. The molecule has 0 amide bonds. The van der Waals surface area contributed by atoms with Gasteiger partial charge in [0.25, 0.3) is 0 Å². The van der Waals surface area contributed by atoms with Gasteiger partial charge in [0, 0.05) is 0 Å². The lowest BCUT2D eigenvalue weighted by Gasteiger charge is -2.16. The molecule has 0 aromatic rings. The Balaban J connectivity index is 3.26. The van der Waals surface area contributed by atoms with Crippen LogP contribution < -0.4 is 0 Å². The van der Waals surface area contributed by atoms with Crippen LogP contribution in [0.2, 0.25) is 0 Å². The minimum Gasteiger partial charge on any atom is -0.375 e. The van der Waals surface area contributed by atoms with E-state index in [0.717, 1.165) is 12.8 Å². The molecule has 0 aromatic heterocycles. The highest BCUT2D eigenvalue weighted by atomic mass is 16.5. The molecule has 0 aliphatic rings. The fourth-order valence-corrected chi connectivity index (χ4v) is 2.36. The van der Waals surface area contributed by atoms with Gasteiger partial charge in [-0.15, -0.1) is 0 Å². The monoisotopic (exact) mass is 271 g/mol. The van der Waals surface area contributed by atoms with Crippen molar-refractivity contribution in [1.82, 2.24) is 0 Å². The SMILES string of the molecule is CCCCCCCCCCCC(CC)OCC(C)[O]. The lowest BCUT2D eigenvalue weighted by Crippen LogP contribution is -2.18. The van der Waals surface area contributed by atoms with Crippen LogP contribution in [0.4, 0.5) is 0 Å². The van der Waals surface area contributed by atoms with Gasteiger partial charge in [0.2, 0.25) is 0 Å². The van der Waals surface area contributed by atoms with Crippen molar-refractivity contribution in [2.45, 2.75) is 104 Å². The van der Waals surface area contributed by atoms with Crippen LogP contribution in [0.25, 0.3) is 0 Å². The average Bonchev–Trinajstić information content (AvgIpc) is 2.40. The van der Waals surface area contributed by atoms with E-state index in [2.05, 4.69) is 13.8 Å². The third kappa shape index (κ3) is 14.1. The molecule has 2 unspecified atom stereocenters. The molecule has 0 rings (SSSR count). The Morgan fingerprint density at radius 2 is 1.37 bits per heavy atom. The summed E-state index contributed by atoms with van der Waals surface area (Å²) in [6.07, 6.45) is 14.2. The normalized spacial score (nSPS) is 14.5. The highest BCUT2D eigenvalue weighted by Gasteiger charge is 2.08. The van der Waals surface area contributed by atoms with Crippen molar-refractivity contribution in [1.29, 1.82) is 0 Å². The minimum absolute atomic E-state index is 0.306. The molecular formula is C17H35O2. The summed E-state index contributed by atoms with van der Waals surface area (Å²) < 4.78 is 5.61.